The summed E-state index contributed by atoms with van der Waals surface area (Å²) in [4.78, 5) is 4.54. The van der Waals surface area contributed by atoms with Gasteiger partial charge in [0.1, 0.15) is 18.2 Å². The molecule has 22 heavy (non-hydrogen) atoms. The summed E-state index contributed by atoms with van der Waals surface area (Å²) in [6, 6.07) is 2.23. The SMILES string of the molecule is CCCCc1nc(OCCO)c(C#N)c2c1COC(C)(C)C2. The van der Waals surface area contributed by atoms with E-state index >= 15 is 0 Å². The molecule has 0 amide bonds. The third-order valence-corrected chi connectivity index (χ3v) is 3.88. The number of fused-ring (bicyclic) bond motifs is 1. The molecule has 120 valence electrons. The van der Waals surface area contributed by atoms with E-state index in [2.05, 4.69) is 18.0 Å². The van der Waals surface area contributed by atoms with E-state index in [4.69, 9.17) is 14.6 Å². The fourth-order valence-corrected chi connectivity index (χ4v) is 2.72. The van der Waals surface area contributed by atoms with Crippen molar-refractivity contribution < 1.29 is 14.6 Å². The summed E-state index contributed by atoms with van der Waals surface area (Å²) in [6.07, 6.45) is 3.63. The highest BCUT2D eigenvalue weighted by molar-refractivity contribution is 5.52. The summed E-state index contributed by atoms with van der Waals surface area (Å²) < 4.78 is 11.4. The lowest BCUT2D eigenvalue weighted by Gasteiger charge is -2.33. The number of nitrogens with zero attached hydrogens (tertiary/aromatic N) is 2. The largest absolute Gasteiger partial charge is 0.474 e. The minimum absolute atomic E-state index is 0.0947. The summed E-state index contributed by atoms with van der Waals surface area (Å²) in [5.74, 6) is 0.346. The molecule has 0 saturated carbocycles. The number of unbranched alkanes of at least 4 members (excludes halogenated alkanes) is 1. The number of aliphatic hydroxyl groups excluding tert-OH is 1. The van der Waals surface area contributed by atoms with Crippen LogP contribution in [-0.4, -0.2) is 28.9 Å². The smallest absolute Gasteiger partial charge is 0.232 e. The van der Waals surface area contributed by atoms with Crippen molar-refractivity contribution in [3.8, 4) is 11.9 Å². The Kier molecular flexibility index (Phi) is 5.38. The number of pyridine rings is 1. The zero-order chi connectivity index (χ0) is 16.2. The molecule has 1 aromatic heterocycles. The molecule has 0 bridgehead atoms. The van der Waals surface area contributed by atoms with Gasteiger partial charge >= 0.3 is 0 Å². The van der Waals surface area contributed by atoms with Crippen LogP contribution in [0.4, 0.5) is 0 Å². The summed E-state index contributed by atoms with van der Waals surface area (Å²) in [7, 11) is 0. The zero-order valence-corrected chi connectivity index (χ0v) is 13.6. The third kappa shape index (κ3) is 3.57. The maximum atomic E-state index is 9.54. The van der Waals surface area contributed by atoms with Crippen molar-refractivity contribution in [3.05, 3.63) is 22.4 Å². The molecule has 2 heterocycles. The van der Waals surface area contributed by atoms with Crippen molar-refractivity contribution >= 4 is 0 Å². The highest BCUT2D eigenvalue weighted by Gasteiger charge is 2.32. The second kappa shape index (κ2) is 7.08. The fourth-order valence-electron chi connectivity index (χ4n) is 2.72. The van der Waals surface area contributed by atoms with E-state index in [1.54, 1.807) is 0 Å². The number of nitriles is 1. The van der Waals surface area contributed by atoms with E-state index in [1.165, 1.54) is 0 Å². The Bertz CT molecular complexity index is 576. The zero-order valence-electron chi connectivity index (χ0n) is 13.6. The molecule has 1 aromatic rings. The molecule has 0 atom stereocenters. The third-order valence-electron chi connectivity index (χ3n) is 3.88. The van der Waals surface area contributed by atoms with E-state index in [-0.39, 0.29) is 18.8 Å². The number of aliphatic hydroxyl groups is 1. The van der Waals surface area contributed by atoms with Gasteiger partial charge in [0, 0.05) is 12.0 Å². The molecule has 5 heteroatoms. The van der Waals surface area contributed by atoms with Crippen LogP contribution in [0.15, 0.2) is 0 Å². The second-order valence-corrected chi connectivity index (χ2v) is 6.21. The Hall–Kier alpha value is -1.64. The van der Waals surface area contributed by atoms with Gasteiger partial charge in [0.05, 0.1) is 24.5 Å². The van der Waals surface area contributed by atoms with Crippen molar-refractivity contribution in [1.29, 1.82) is 5.26 Å². The van der Waals surface area contributed by atoms with Crippen molar-refractivity contribution in [1.82, 2.24) is 4.98 Å². The van der Waals surface area contributed by atoms with Crippen LogP contribution in [0.5, 0.6) is 5.88 Å². The molecule has 0 spiro atoms. The molecular weight excluding hydrogens is 280 g/mol. The summed E-state index contributed by atoms with van der Waals surface area (Å²) in [5, 5.41) is 18.5. The second-order valence-electron chi connectivity index (χ2n) is 6.21. The highest BCUT2D eigenvalue weighted by atomic mass is 16.5. The maximum absolute atomic E-state index is 9.54. The average molecular weight is 304 g/mol. The molecule has 5 nitrogen and oxygen atoms in total. The lowest BCUT2D eigenvalue weighted by molar-refractivity contribution is -0.0408. The van der Waals surface area contributed by atoms with Gasteiger partial charge in [-0.15, -0.1) is 0 Å². The Morgan fingerprint density at radius 3 is 2.82 bits per heavy atom. The van der Waals surface area contributed by atoms with Crippen molar-refractivity contribution in [2.24, 2.45) is 0 Å². The monoisotopic (exact) mass is 304 g/mol. The molecule has 1 aliphatic rings. The van der Waals surface area contributed by atoms with Gasteiger partial charge in [-0.25, -0.2) is 4.98 Å². The quantitative estimate of drug-likeness (QED) is 0.874. The number of hydrogen-bond donors (Lipinski definition) is 1. The Balaban J connectivity index is 2.50. The molecule has 1 N–H and O–H groups in total. The van der Waals surface area contributed by atoms with Gasteiger partial charge in [0.2, 0.25) is 5.88 Å². The van der Waals surface area contributed by atoms with E-state index in [0.29, 0.717) is 24.5 Å². The van der Waals surface area contributed by atoms with Gasteiger partial charge in [-0.3, -0.25) is 0 Å². The first-order chi connectivity index (χ1) is 10.5. The molecule has 0 unspecified atom stereocenters. The van der Waals surface area contributed by atoms with E-state index in [1.807, 2.05) is 13.8 Å². The Labute approximate surface area is 131 Å². The number of rotatable bonds is 6. The first-order valence-corrected chi connectivity index (χ1v) is 7.84. The Morgan fingerprint density at radius 1 is 1.41 bits per heavy atom. The van der Waals surface area contributed by atoms with Gasteiger partial charge in [-0.05, 0) is 32.3 Å². The van der Waals surface area contributed by atoms with Crippen LogP contribution in [0, 0.1) is 11.3 Å². The number of ether oxygens (including phenoxy) is 2. The van der Waals surface area contributed by atoms with E-state index in [9.17, 15) is 5.26 Å². The van der Waals surface area contributed by atoms with Crippen LogP contribution < -0.4 is 4.74 Å². The molecular formula is C17H24N2O3. The average Bonchev–Trinajstić information content (AvgIpc) is 2.49. The minimum atomic E-state index is -0.295. The van der Waals surface area contributed by atoms with Gasteiger partial charge in [0.25, 0.3) is 0 Å². The van der Waals surface area contributed by atoms with Crippen LogP contribution in [0.2, 0.25) is 0 Å². The van der Waals surface area contributed by atoms with Crippen LogP contribution >= 0.6 is 0 Å². The lowest BCUT2D eigenvalue weighted by atomic mass is 9.87. The molecule has 0 aromatic carbocycles. The molecule has 1 aliphatic heterocycles. The number of hydrogen-bond acceptors (Lipinski definition) is 5. The van der Waals surface area contributed by atoms with Crippen LogP contribution in [0.1, 0.15) is 56.0 Å². The minimum Gasteiger partial charge on any atom is -0.474 e. The van der Waals surface area contributed by atoms with E-state index in [0.717, 1.165) is 36.1 Å². The summed E-state index contributed by atoms with van der Waals surface area (Å²) in [6.45, 7) is 6.73. The van der Waals surface area contributed by atoms with Crippen LogP contribution in [-0.2, 0) is 24.2 Å². The first kappa shape index (κ1) is 16.7. The van der Waals surface area contributed by atoms with Gasteiger partial charge in [-0.2, -0.15) is 5.26 Å². The maximum Gasteiger partial charge on any atom is 0.232 e. The molecule has 0 saturated heterocycles. The molecule has 0 radical (unpaired) electrons. The Morgan fingerprint density at radius 2 is 2.18 bits per heavy atom. The molecule has 0 fully saturated rings. The fraction of sp³-hybridized carbons (Fsp3) is 0.647. The van der Waals surface area contributed by atoms with Crippen LogP contribution in [0.3, 0.4) is 0 Å². The van der Waals surface area contributed by atoms with Crippen molar-refractivity contribution in [3.63, 3.8) is 0 Å². The van der Waals surface area contributed by atoms with Gasteiger partial charge in [-0.1, -0.05) is 13.3 Å². The predicted molar refractivity (Wildman–Crippen MR) is 82.7 cm³/mol. The van der Waals surface area contributed by atoms with Crippen molar-refractivity contribution in [2.75, 3.05) is 13.2 Å². The predicted octanol–water partition coefficient (Wildman–Crippen LogP) is 2.52. The number of aromatic nitrogens is 1. The highest BCUT2D eigenvalue weighted by Crippen LogP contribution is 2.35. The summed E-state index contributed by atoms with van der Waals surface area (Å²) in [5.41, 5.74) is 3.18. The topological polar surface area (TPSA) is 75.4 Å². The van der Waals surface area contributed by atoms with Crippen molar-refractivity contribution in [2.45, 2.75) is 58.7 Å². The van der Waals surface area contributed by atoms with Crippen LogP contribution in [0.25, 0.3) is 0 Å². The molecule has 0 aliphatic carbocycles. The molecule has 2 rings (SSSR count). The van der Waals surface area contributed by atoms with E-state index < -0.39 is 0 Å². The normalized spacial score (nSPS) is 16.0. The van der Waals surface area contributed by atoms with Gasteiger partial charge < -0.3 is 14.6 Å². The lowest BCUT2D eigenvalue weighted by Crippen LogP contribution is -2.33. The standard InChI is InChI=1S/C17H24N2O3/c1-4-5-6-15-14-11-22-17(2,3)9-12(14)13(10-18)16(19-15)21-8-7-20/h20H,4-9,11H2,1-3H3. The number of aryl methyl sites for hydroxylation is 1. The summed E-state index contributed by atoms with van der Waals surface area (Å²) >= 11 is 0. The first-order valence-electron chi connectivity index (χ1n) is 7.84. The van der Waals surface area contributed by atoms with Gasteiger partial charge in [0.15, 0.2) is 0 Å².